The average Bonchev–Trinajstić information content (AvgIpc) is 3.31. The molecule has 4 heterocycles. The minimum Gasteiger partial charge on any atom is -0.353 e. The van der Waals surface area contributed by atoms with Gasteiger partial charge in [0.05, 0.1) is 12.3 Å². The lowest BCUT2D eigenvalue weighted by Crippen LogP contribution is -2.49. The molecular formula is C25H25N7OS. The number of pyridine rings is 2. The summed E-state index contributed by atoms with van der Waals surface area (Å²) >= 11 is 1.43. The topological polar surface area (TPSA) is 80.0 Å². The molecular weight excluding hydrogens is 446 g/mol. The zero-order valence-electron chi connectivity index (χ0n) is 18.7. The van der Waals surface area contributed by atoms with Crippen LogP contribution in [0, 0.1) is 0 Å². The number of hydrogen-bond donors (Lipinski definition) is 0. The first-order valence-corrected chi connectivity index (χ1v) is 12.2. The Labute approximate surface area is 202 Å². The van der Waals surface area contributed by atoms with Crippen molar-refractivity contribution >= 4 is 23.5 Å². The summed E-state index contributed by atoms with van der Waals surface area (Å²) in [4.78, 5) is 25.7. The molecule has 0 unspecified atom stereocenters. The highest BCUT2D eigenvalue weighted by atomic mass is 32.2. The van der Waals surface area contributed by atoms with Gasteiger partial charge < -0.3 is 9.80 Å². The minimum atomic E-state index is 0.114. The van der Waals surface area contributed by atoms with Crippen molar-refractivity contribution in [1.82, 2.24) is 29.6 Å². The van der Waals surface area contributed by atoms with Crippen LogP contribution in [0.3, 0.4) is 0 Å². The normalized spacial score (nSPS) is 13.8. The molecule has 34 heavy (non-hydrogen) atoms. The van der Waals surface area contributed by atoms with Gasteiger partial charge in [0.15, 0.2) is 11.0 Å². The highest BCUT2D eigenvalue weighted by Crippen LogP contribution is 2.25. The van der Waals surface area contributed by atoms with Crippen molar-refractivity contribution in [2.75, 3.05) is 36.8 Å². The van der Waals surface area contributed by atoms with E-state index in [4.69, 9.17) is 0 Å². The van der Waals surface area contributed by atoms with Crippen LogP contribution in [0.4, 0.5) is 5.82 Å². The van der Waals surface area contributed by atoms with Crippen LogP contribution in [0.25, 0.3) is 11.4 Å². The first-order chi connectivity index (χ1) is 16.8. The number of nitrogens with zero attached hydrogens (tertiary/aromatic N) is 7. The number of anilines is 1. The number of carbonyl (C=O) groups excluding carboxylic acids is 1. The van der Waals surface area contributed by atoms with E-state index in [0.717, 1.165) is 41.0 Å². The first kappa shape index (κ1) is 22.1. The van der Waals surface area contributed by atoms with Crippen molar-refractivity contribution in [1.29, 1.82) is 0 Å². The standard InChI is InChI=1S/C25H25N7OS/c33-23(31-15-13-30(14-16-31)22-10-4-5-12-27-22)19-34-25-29-28-24(21-9-6-11-26-17-21)32(25)18-20-7-2-1-3-8-20/h1-12,17H,13-16,18-19H2. The summed E-state index contributed by atoms with van der Waals surface area (Å²) in [7, 11) is 0. The van der Waals surface area contributed by atoms with Crippen LogP contribution < -0.4 is 4.90 Å². The number of thioether (sulfide) groups is 1. The second kappa shape index (κ2) is 10.5. The molecule has 0 atom stereocenters. The smallest absolute Gasteiger partial charge is 0.233 e. The van der Waals surface area contributed by atoms with Gasteiger partial charge in [-0.15, -0.1) is 10.2 Å². The summed E-state index contributed by atoms with van der Waals surface area (Å²) in [5.41, 5.74) is 2.04. The lowest BCUT2D eigenvalue weighted by atomic mass is 10.2. The van der Waals surface area contributed by atoms with Crippen molar-refractivity contribution in [3.05, 3.63) is 84.8 Å². The van der Waals surface area contributed by atoms with E-state index in [1.54, 1.807) is 18.6 Å². The number of amides is 1. The second-order valence-corrected chi connectivity index (χ2v) is 8.91. The third-order valence-electron chi connectivity index (χ3n) is 5.75. The Hall–Kier alpha value is -3.72. The number of benzene rings is 1. The van der Waals surface area contributed by atoms with E-state index in [0.29, 0.717) is 25.4 Å². The molecule has 0 spiro atoms. The van der Waals surface area contributed by atoms with Crippen LogP contribution >= 0.6 is 11.8 Å². The molecule has 0 saturated carbocycles. The molecule has 0 bridgehead atoms. The maximum atomic E-state index is 13.0. The molecule has 1 amide bonds. The van der Waals surface area contributed by atoms with Gasteiger partial charge in [0.1, 0.15) is 5.82 Å². The Morgan fingerprint density at radius 2 is 1.71 bits per heavy atom. The largest absolute Gasteiger partial charge is 0.353 e. The molecule has 1 aromatic carbocycles. The van der Waals surface area contributed by atoms with Crippen LogP contribution in [0.5, 0.6) is 0 Å². The van der Waals surface area contributed by atoms with Crippen molar-refractivity contribution < 1.29 is 4.79 Å². The van der Waals surface area contributed by atoms with Crippen LogP contribution in [0.2, 0.25) is 0 Å². The quantitative estimate of drug-likeness (QED) is 0.383. The monoisotopic (exact) mass is 471 g/mol. The summed E-state index contributed by atoms with van der Waals surface area (Å²) in [6.07, 6.45) is 5.32. The highest BCUT2D eigenvalue weighted by molar-refractivity contribution is 7.99. The zero-order valence-corrected chi connectivity index (χ0v) is 19.5. The van der Waals surface area contributed by atoms with E-state index >= 15 is 0 Å². The first-order valence-electron chi connectivity index (χ1n) is 11.2. The van der Waals surface area contributed by atoms with Gasteiger partial charge in [-0.05, 0) is 29.8 Å². The highest BCUT2D eigenvalue weighted by Gasteiger charge is 2.23. The molecule has 0 N–H and O–H groups in total. The maximum Gasteiger partial charge on any atom is 0.233 e. The van der Waals surface area contributed by atoms with Gasteiger partial charge in [0.2, 0.25) is 5.91 Å². The van der Waals surface area contributed by atoms with E-state index in [-0.39, 0.29) is 5.91 Å². The minimum absolute atomic E-state index is 0.114. The molecule has 1 fully saturated rings. The molecule has 0 radical (unpaired) electrons. The van der Waals surface area contributed by atoms with Crippen LogP contribution in [0.1, 0.15) is 5.56 Å². The molecule has 3 aromatic heterocycles. The fourth-order valence-electron chi connectivity index (χ4n) is 3.96. The predicted octanol–water partition coefficient (Wildman–Crippen LogP) is 3.22. The third-order valence-corrected chi connectivity index (χ3v) is 6.70. The molecule has 4 aromatic rings. The van der Waals surface area contributed by atoms with Gasteiger partial charge in [-0.2, -0.15) is 0 Å². The Morgan fingerprint density at radius 3 is 2.44 bits per heavy atom. The predicted molar refractivity (Wildman–Crippen MR) is 133 cm³/mol. The molecule has 1 aliphatic rings. The maximum absolute atomic E-state index is 13.0. The summed E-state index contributed by atoms with van der Waals surface area (Å²) in [5.74, 6) is 2.14. The number of aromatic nitrogens is 5. The van der Waals surface area contributed by atoms with Crippen molar-refractivity contribution in [3.8, 4) is 11.4 Å². The lowest BCUT2D eigenvalue weighted by Gasteiger charge is -2.35. The lowest BCUT2D eigenvalue weighted by molar-refractivity contribution is -0.128. The number of piperazine rings is 1. The SMILES string of the molecule is O=C(CSc1nnc(-c2cccnc2)n1Cc1ccccc1)N1CCN(c2ccccn2)CC1. The molecule has 1 aliphatic heterocycles. The number of carbonyl (C=O) groups is 1. The summed E-state index contributed by atoms with van der Waals surface area (Å²) in [6, 6.07) is 20.0. The van der Waals surface area contributed by atoms with Gasteiger partial charge in [0.25, 0.3) is 0 Å². The second-order valence-electron chi connectivity index (χ2n) is 7.96. The van der Waals surface area contributed by atoms with Gasteiger partial charge >= 0.3 is 0 Å². The molecule has 5 rings (SSSR count). The van der Waals surface area contributed by atoms with Gasteiger partial charge in [0, 0.05) is 50.3 Å². The van der Waals surface area contributed by atoms with Crippen molar-refractivity contribution in [2.24, 2.45) is 0 Å². The van der Waals surface area contributed by atoms with Gasteiger partial charge in [-0.1, -0.05) is 48.2 Å². The van der Waals surface area contributed by atoms with Crippen LogP contribution in [0.15, 0.2) is 84.4 Å². The van der Waals surface area contributed by atoms with E-state index in [9.17, 15) is 4.79 Å². The Bertz CT molecular complexity index is 1210. The Morgan fingerprint density at radius 1 is 0.882 bits per heavy atom. The van der Waals surface area contributed by atoms with E-state index in [1.165, 1.54) is 11.8 Å². The van der Waals surface area contributed by atoms with Gasteiger partial charge in [-0.3, -0.25) is 14.3 Å². The van der Waals surface area contributed by atoms with Crippen LogP contribution in [-0.4, -0.2) is 67.5 Å². The van der Waals surface area contributed by atoms with E-state index in [1.807, 2.05) is 53.4 Å². The molecule has 9 heteroatoms. The van der Waals surface area contributed by atoms with E-state index < -0.39 is 0 Å². The van der Waals surface area contributed by atoms with E-state index in [2.05, 4.69) is 41.8 Å². The van der Waals surface area contributed by atoms with Gasteiger partial charge in [-0.25, -0.2) is 4.98 Å². The molecule has 172 valence electrons. The Balaban J connectivity index is 1.26. The van der Waals surface area contributed by atoms with Crippen LogP contribution in [-0.2, 0) is 11.3 Å². The van der Waals surface area contributed by atoms with Crippen molar-refractivity contribution in [2.45, 2.75) is 11.7 Å². The number of hydrogen-bond acceptors (Lipinski definition) is 7. The zero-order chi connectivity index (χ0) is 23.2. The Kier molecular flexibility index (Phi) is 6.81. The molecule has 0 aliphatic carbocycles. The molecule has 8 nitrogen and oxygen atoms in total. The summed E-state index contributed by atoms with van der Waals surface area (Å²) < 4.78 is 2.06. The third kappa shape index (κ3) is 5.09. The fraction of sp³-hybridized carbons (Fsp3) is 0.240. The fourth-order valence-corrected chi connectivity index (χ4v) is 4.80. The molecule has 1 saturated heterocycles. The average molecular weight is 472 g/mol. The summed E-state index contributed by atoms with van der Waals surface area (Å²) in [5, 5.41) is 9.57. The van der Waals surface area contributed by atoms with Crippen molar-refractivity contribution in [3.63, 3.8) is 0 Å². The summed E-state index contributed by atoms with van der Waals surface area (Å²) in [6.45, 7) is 3.56. The number of rotatable bonds is 7.